The van der Waals surface area contributed by atoms with Crippen molar-refractivity contribution in [1.82, 2.24) is 10.2 Å². The minimum atomic E-state index is -1.15. The normalized spacial score (nSPS) is 21.2. The fourth-order valence-electron chi connectivity index (χ4n) is 2.91. The number of thioether (sulfide) groups is 1. The quantitative estimate of drug-likeness (QED) is 0.400. The number of carboxylic acids is 1. The van der Waals surface area contributed by atoms with Crippen LogP contribution in [0.25, 0.3) is 0 Å². The molecule has 136 valence electrons. The van der Waals surface area contributed by atoms with Gasteiger partial charge in [0.2, 0.25) is 5.91 Å². The van der Waals surface area contributed by atoms with Crippen LogP contribution in [0.2, 0.25) is 0 Å². The average Bonchev–Trinajstić information content (AvgIpc) is 2.63. The second-order valence-electron chi connectivity index (χ2n) is 5.88. The Morgan fingerprint density at radius 1 is 1.38 bits per heavy atom. The van der Waals surface area contributed by atoms with Crippen LogP contribution in [0.5, 0.6) is 0 Å². The monoisotopic (exact) mass is 374 g/mol. The number of hydrogen-bond donors (Lipinski definition) is 3. The van der Waals surface area contributed by atoms with Crippen LogP contribution < -0.4 is 10.2 Å². The number of para-hydroxylation sites is 1. The van der Waals surface area contributed by atoms with Crippen molar-refractivity contribution >= 4 is 41.1 Å². The molecule has 1 fully saturated rings. The molecule has 2 atom stereocenters. The lowest BCUT2D eigenvalue weighted by Crippen LogP contribution is -2.70. The van der Waals surface area contributed by atoms with Crippen LogP contribution in [-0.2, 0) is 14.4 Å². The van der Waals surface area contributed by atoms with Crippen LogP contribution in [0.15, 0.2) is 42.1 Å². The topological polar surface area (TPSA) is 114 Å². The number of carbonyl (C=O) groups is 3. The van der Waals surface area contributed by atoms with Crippen molar-refractivity contribution < 1.29 is 19.5 Å². The number of benzene rings is 1. The van der Waals surface area contributed by atoms with E-state index in [9.17, 15) is 14.4 Å². The highest BCUT2D eigenvalue weighted by Crippen LogP contribution is 2.37. The van der Waals surface area contributed by atoms with Gasteiger partial charge in [-0.05, 0) is 25.1 Å². The second-order valence-corrected chi connectivity index (χ2v) is 7.03. The van der Waals surface area contributed by atoms with E-state index in [1.807, 2.05) is 18.2 Å². The molecular weight excluding hydrogens is 356 g/mol. The first-order valence-corrected chi connectivity index (χ1v) is 9.00. The molecule has 2 heterocycles. The number of fused-ring (bicyclic) bond motifs is 1. The molecule has 0 saturated carbocycles. The van der Waals surface area contributed by atoms with Gasteiger partial charge in [0.15, 0.2) is 0 Å². The van der Waals surface area contributed by atoms with Gasteiger partial charge in [0.25, 0.3) is 5.91 Å². The van der Waals surface area contributed by atoms with E-state index in [4.69, 9.17) is 10.5 Å². The Balaban J connectivity index is 1.66. The molecule has 0 spiro atoms. The maximum absolute atomic E-state index is 12.4. The van der Waals surface area contributed by atoms with E-state index in [0.29, 0.717) is 11.4 Å². The lowest BCUT2D eigenvalue weighted by Gasteiger charge is -2.48. The van der Waals surface area contributed by atoms with Crippen molar-refractivity contribution in [2.24, 2.45) is 0 Å². The zero-order valence-corrected chi connectivity index (χ0v) is 14.8. The number of β-lactam (4-membered cyclic amide) rings is 1. The summed E-state index contributed by atoms with van der Waals surface area (Å²) < 4.78 is 0. The van der Waals surface area contributed by atoms with Gasteiger partial charge in [-0.3, -0.25) is 19.9 Å². The van der Waals surface area contributed by atoms with Crippen LogP contribution in [0, 0.1) is 5.41 Å². The van der Waals surface area contributed by atoms with Crippen LogP contribution in [-0.4, -0.2) is 57.3 Å². The molecule has 9 heteroatoms. The highest BCUT2D eigenvalue weighted by Gasteiger charge is 2.52. The van der Waals surface area contributed by atoms with Crippen molar-refractivity contribution in [3.63, 3.8) is 0 Å². The third kappa shape index (κ3) is 3.30. The molecule has 1 aromatic rings. The van der Waals surface area contributed by atoms with Crippen molar-refractivity contribution in [3.05, 3.63) is 42.1 Å². The molecule has 0 aromatic heterocycles. The van der Waals surface area contributed by atoms with Crippen molar-refractivity contribution in [2.45, 2.75) is 18.3 Å². The number of rotatable bonds is 5. The van der Waals surface area contributed by atoms with E-state index in [0.717, 1.165) is 0 Å². The Morgan fingerprint density at radius 2 is 2.08 bits per heavy atom. The number of nitrogens with one attached hydrogen (secondary N) is 2. The Kier molecular flexibility index (Phi) is 4.99. The van der Waals surface area contributed by atoms with Crippen LogP contribution >= 0.6 is 11.8 Å². The molecule has 2 amide bonds. The standard InChI is InChI=1S/C17H18N4O4S/c1-10(18)20(11-5-3-2-4-6-11)9-13(22)19-14-15(23)21-12(17(24)25)7-8-26-16(14)21/h2-7,14,16,18H,8-9H2,1H3,(H,19,22)(H,24,25)/t14?,16-/m1/s1. The molecule has 0 aliphatic carbocycles. The van der Waals surface area contributed by atoms with Gasteiger partial charge in [-0.25, -0.2) is 4.79 Å². The van der Waals surface area contributed by atoms with Crippen LogP contribution in [0.1, 0.15) is 6.92 Å². The Hall–Kier alpha value is -2.81. The Morgan fingerprint density at radius 3 is 2.69 bits per heavy atom. The molecule has 8 nitrogen and oxygen atoms in total. The number of amidine groups is 1. The van der Waals surface area contributed by atoms with Gasteiger partial charge >= 0.3 is 5.97 Å². The number of aliphatic carboxylic acids is 1. The summed E-state index contributed by atoms with van der Waals surface area (Å²) in [7, 11) is 0. The van der Waals surface area contributed by atoms with E-state index in [1.165, 1.54) is 27.6 Å². The highest BCUT2D eigenvalue weighted by atomic mass is 32.2. The van der Waals surface area contributed by atoms with Crippen molar-refractivity contribution in [2.75, 3.05) is 17.2 Å². The number of hydrogen-bond acceptors (Lipinski definition) is 5. The zero-order valence-electron chi connectivity index (χ0n) is 14.0. The molecule has 2 aliphatic heterocycles. The predicted molar refractivity (Wildman–Crippen MR) is 97.9 cm³/mol. The molecule has 1 saturated heterocycles. The first kappa shape index (κ1) is 18.0. The molecule has 1 aromatic carbocycles. The molecule has 2 aliphatic rings. The first-order valence-electron chi connectivity index (χ1n) is 7.95. The minimum absolute atomic E-state index is 0.0366. The van der Waals surface area contributed by atoms with E-state index in [2.05, 4.69) is 5.32 Å². The number of carbonyl (C=O) groups excluding carboxylic acids is 2. The average molecular weight is 374 g/mol. The van der Waals surface area contributed by atoms with E-state index < -0.39 is 29.2 Å². The van der Waals surface area contributed by atoms with Gasteiger partial charge in [0, 0.05) is 11.4 Å². The molecule has 3 N–H and O–H groups in total. The summed E-state index contributed by atoms with van der Waals surface area (Å²) in [5, 5.41) is 19.3. The first-order chi connectivity index (χ1) is 12.4. The summed E-state index contributed by atoms with van der Waals surface area (Å²) in [6.07, 6.45) is 1.50. The van der Waals surface area contributed by atoms with Crippen molar-refractivity contribution in [3.8, 4) is 0 Å². The Labute approximate surface area is 154 Å². The highest BCUT2D eigenvalue weighted by molar-refractivity contribution is 8.00. The molecule has 3 rings (SSSR count). The number of carboxylic acid groups (broad SMARTS) is 1. The molecule has 0 bridgehead atoms. The fourth-order valence-corrected chi connectivity index (χ4v) is 4.11. The minimum Gasteiger partial charge on any atom is -0.477 e. The Bertz CT molecular complexity index is 795. The lowest BCUT2D eigenvalue weighted by atomic mass is 10.1. The summed E-state index contributed by atoms with van der Waals surface area (Å²) in [6, 6.07) is 8.31. The number of nitrogens with zero attached hydrogens (tertiary/aromatic N) is 2. The summed E-state index contributed by atoms with van der Waals surface area (Å²) >= 11 is 1.40. The van der Waals surface area contributed by atoms with Crippen LogP contribution in [0.3, 0.4) is 0 Å². The third-order valence-corrected chi connectivity index (χ3v) is 5.34. The fraction of sp³-hybridized carbons (Fsp3) is 0.294. The van der Waals surface area contributed by atoms with E-state index in [-0.39, 0.29) is 18.1 Å². The van der Waals surface area contributed by atoms with Gasteiger partial charge in [-0.15, -0.1) is 11.8 Å². The second kappa shape index (κ2) is 7.20. The summed E-state index contributed by atoms with van der Waals surface area (Å²) in [4.78, 5) is 38.6. The summed E-state index contributed by atoms with van der Waals surface area (Å²) in [6.45, 7) is 1.49. The van der Waals surface area contributed by atoms with Gasteiger partial charge in [-0.1, -0.05) is 18.2 Å². The van der Waals surface area contributed by atoms with Gasteiger partial charge < -0.3 is 15.3 Å². The predicted octanol–water partition coefficient (Wildman–Crippen LogP) is 0.859. The smallest absolute Gasteiger partial charge is 0.352 e. The number of amides is 2. The summed E-state index contributed by atoms with van der Waals surface area (Å²) in [5.41, 5.74) is 0.672. The molecule has 1 unspecified atom stereocenters. The number of anilines is 1. The maximum Gasteiger partial charge on any atom is 0.352 e. The van der Waals surface area contributed by atoms with Gasteiger partial charge in [0.05, 0.1) is 5.84 Å². The molecular formula is C17H18N4O4S. The van der Waals surface area contributed by atoms with Gasteiger partial charge in [-0.2, -0.15) is 0 Å². The third-order valence-electron chi connectivity index (χ3n) is 4.16. The van der Waals surface area contributed by atoms with Crippen LogP contribution in [0.4, 0.5) is 5.69 Å². The van der Waals surface area contributed by atoms with E-state index >= 15 is 0 Å². The largest absolute Gasteiger partial charge is 0.477 e. The molecule has 0 radical (unpaired) electrons. The molecule has 26 heavy (non-hydrogen) atoms. The SMILES string of the molecule is CC(=N)N(CC(=O)NC1C(=O)N2C(C(=O)O)=CCS[C@H]12)c1ccccc1. The van der Waals surface area contributed by atoms with Crippen molar-refractivity contribution in [1.29, 1.82) is 5.41 Å². The maximum atomic E-state index is 12.4. The summed E-state index contributed by atoms with van der Waals surface area (Å²) in [5.74, 6) is -1.30. The van der Waals surface area contributed by atoms with Gasteiger partial charge in [0.1, 0.15) is 23.7 Å². The lowest BCUT2D eigenvalue weighted by molar-refractivity contribution is -0.150. The zero-order chi connectivity index (χ0) is 18.8. The van der Waals surface area contributed by atoms with E-state index in [1.54, 1.807) is 19.1 Å².